The molecule has 0 aliphatic rings. The molecular formula is C52H82O6. The lowest BCUT2D eigenvalue weighted by atomic mass is 10.0. The maximum atomic E-state index is 12.7. The van der Waals surface area contributed by atoms with Gasteiger partial charge in [0.15, 0.2) is 6.10 Å². The summed E-state index contributed by atoms with van der Waals surface area (Å²) in [6.45, 7) is 6.22. The normalized spacial score (nSPS) is 13.1. The molecule has 58 heavy (non-hydrogen) atoms. The van der Waals surface area contributed by atoms with Crippen LogP contribution in [0, 0.1) is 0 Å². The van der Waals surface area contributed by atoms with Crippen molar-refractivity contribution in [3.8, 4) is 0 Å². The van der Waals surface area contributed by atoms with E-state index in [-0.39, 0.29) is 32.0 Å². The molecule has 0 rings (SSSR count). The molecule has 0 fully saturated rings. The first kappa shape index (κ1) is 54.1. The van der Waals surface area contributed by atoms with Gasteiger partial charge in [0, 0.05) is 12.8 Å². The van der Waals surface area contributed by atoms with Gasteiger partial charge < -0.3 is 14.2 Å². The maximum absolute atomic E-state index is 12.7. The van der Waals surface area contributed by atoms with Gasteiger partial charge in [-0.15, -0.1) is 0 Å². The first-order chi connectivity index (χ1) is 28.5. The molecule has 0 aliphatic heterocycles. The number of unbranched alkanes of at least 4 members (excludes halogenated alkanes) is 11. The second-order valence-corrected chi connectivity index (χ2v) is 14.6. The average molecular weight is 803 g/mol. The molecule has 0 spiro atoms. The predicted molar refractivity (Wildman–Crippen MR) is 247 cm³/mol. The van der Waals surface area contributed by atoms with E-state index >= 15 is 0 Å². The SMILES string of the molecule is CC/C=C\C/C=C\C/C=C\C/C=C\C/C=C\CC(=O)OCC(COC(=O)CCCCCCCCCCCCCC)OC(=O)CC/C=C\C/C=C\C/C=C\C/C=C\CC. The molecule has 6 heteroatoms. The summed E-state index contributed by atoms with van der Waals surface area (Å²) in [5.74, 6) is -1.17. The van der Waals surface area contributed by atoms with E-state index in [1.54, 1.807) is 6.08 Å². The van der Waals surface area contributed by atoms with E-state index in [1.807, 2.05) is 18.2 Å². The number of hydrogen-bond donors (Lipinski definition) is 0. The summed E-state index contributed by atoms with van der Waals surface area (Å²) in [4.78, 5) is 37.7. The van der Waals surface area contributed by atoms with Gasteiger partial charge in [0.25, 0.3) is 0 Å². The summed E-state index contributed by atoms with van der Waals surface area (Å²) in [6.07, 6.45) is 61.1. The van der Waals surface area contributed by atoms with Crippen molar-refractivity contribution in [2.75, 3.05) is 13.2 Å². The van der Waals surface area contributed by atoms with Crippen LogP contribution in [-0.4, -0.2) is 37.2 Å². The monoisotopic (exact) mass is 803 g/mol. The molecule has 6 nitrogen and oxygen atoms in total. The van der Waals surface area contributed by atoms with E-state index in [0.29, 0.717) is 12.8 Å². The first-order valence-corrected chi connectivity index (χ1v) is 22.9. The Morgan fingerprint density at radius 3 is 1.17 bits per heavy atom. The van der Waals surface area contributed by atoms with E-state index in [4.69, 9.17) is 14.2 Å². The van der Waals surface area contributed by atoms with Crippen molar-refractivity contribution in [1.82, 2.24) is 0 Å². The number of esters is 3. The number of allylic oxidation sites excluding steroid dienone is 17. The molecule has 0 heterocycles. The highest BCUT2D eigenvalue weighted by Crippen LogP contribution is 2.13. The van der Waals surface area contributed by atoms with E-state index in [9.17, 15) is 14.4 Å². The zero-order valence-corrected chi connectivity index (χ0v) is 37.0. The largest absolute Gasteiger partial charge is 0.462 e. The topological polar surface area (TPSA) is 78.9 Å². The number of ether oxygens (including phenoxy) is 3. The number of carbonyl (C=O) groups is 3. The van der Waals surface area contributed by atoms with Crippen LogP contribution in [0.4, 0.5) is 0 Å². The molecule has 0 radical (unpaired) electrons. The van der Waals surface area contributed by atoms with Crippen molar-refractivity contribution >= 4 is 17.9 Å². The highest BCUT2D eigenvalue weighted by atomic mass is 16.6. The highest BCUT2D eigenvalue weighted by Gasteiger charge is 2.19. The summed E-state index contributed by atoms with van der Waals surface area (Å²) < 4.78 is 16.5. The minimum absolute atomic E-state index is 0.110. The van der Waals surface area contributed by atoms with Crippen molar-refractivity contribution in [2.45, 2.75) is 187 Å². The minimum Gasteiger partial charge on any atom is -0.462 e. The Kier molecular flexibility index (Phi) is 42.7. The summed E-state index contributed by atoms with van der Waals surface area (Å²) >= 11 is 0. The van der Waals surface area contributed by atoms with Crippen LogP contribution in [0.5, 0.6) is 0 Å². The molecule has 1 atom stereocenters. The molecule has 1 unspecified atom stereocenters. The summed E-state index contributed by atoms with van der Waals surface area (Å²) in [6, 6.07) is 0. The average Bonchev–Trinajstić information content (AvgIpc) is 3.22. The van der Waals surface area contributed by atoms with Crippen LogP contribution < -0.4 is 0 Å². The predicted octanol–water partition coefficient (Wildman–Crippen LogP) is 14.8. The van der Waals surface area contributed by atoms with Crippen molar-refractivity contribution in [3.05, 3.63) is 109 Å². The van der Waals surface area contributed by atoms with Crippen LogP contribution in [-0.2, 0) is 28.6 Å². The Morgan fingerprint density at radius 1 is 0.379 bits per heavy atom. The molecule has 0 aromatic heterocycles. The Balaban J connectivity index is 4.63. The second kappa shape index (κ2) is 45.8. The fraction of sp³-hybridized carbons (Fsp3) is 0.596. The van der Waals surface area contributed by atoms with Crippen LogP contribution in [0.1, 0.15) is 181 Å². The van der Waals surface area contributed by atoms with Crippen LogP contribution in [0.3, 0.4) is 0 Å². The van der Waals surface area contributed by atoms with Gasteiger partial charge in [0.2, 0.25) is 0 Å². The Bertz CT molecular complexity index is 1240. The molecule has 0 saturated carbocycles. The molecule has 0 bridgehead atoms. The Hall–Kier alpha value is -3.93. The maximum Gasteiger partial charge on any atom is 0.309 e. The van der Waals surface area contributed by atoms with Gasteiger partial charge in [0.05, 0.1) is 6.42 Å². The summed E-state index contributed by atoms with van der Waals surface area (Å²) in [5.41, 5.74) is 0. The molecule has 0 N–H and O–H groups in total. The van der Waals surface area contributed by atoms with Crippen LogP contribution in [0.15, 0.2) is 109 Å². The Labute approximate surface area is 355 Å². The fourth-order valence-electron chi connectivity index (χ4n) is 5.70. The van der Waals surface area contributed by atoms with Crippen molar-refractivity contribution in [2.24, 2.45) is 0 Å². The van der Waals surface area contributed by atoms with Gasteiger partial charge in [-0.3, -0.25) is 14.4 Å². The van der Waals surface area contributed by atoms with E-state index in [0.717, 1.165) is 77.0 Å². The number of rotatable bonds is 39. The van der Waals surface area contributed by atoms with Gasteiger partial charge in [0.1, 0.15) is 13.2 Å². The number of carbonyl (C=O) groups excluding carboxylic acids is 3. The van der Waals surface area contributed by atoms with Crippen molar-refractivity contribution in [3.63, 3.8) is 0 Å². The van der Waals surface area contributed by atoms with Gasteiger partial charge in [-0.1, -0.05) is 201 Å². The second-order valence-electron chi connectivity index (χ2n) is 14.6. The van der Waals surface area contributed by atoms with Gasteiger partial charge in [-0.2, -0.15) is 0 Å². The number of hydrogen-bond acceptors (Lipinski definition) is 6. The van der Waals surface area contributed by atoms with E-state index in [1.165, 1.54) is 57.8 Å². The van der Waals surface area contributed by atoms with Gasteiger partial charge in [-0.25, -0.2) is 0 Å². The third-order valence-corrected chi connectivity index (χ3v) is 9.07. The Morgan fingerprint density at radius 2 is 0.741 bits per heavy atom. The van der Waals surface area contributed by atoms with Crippen LogP contribution in [0.25, 0.3) is 0 Å². The molecule has 0 amide bonds. The quantitative estimate of drug-likeness (QED) is 0.0267. The highest BCUT2D eigenvalue weighted by molar-refractivity contribution is 5.72. The van der Waals surface area contributed by atoms with E-state index < -0.39 is 18.0 Å². The van der Waals surface area contributed by atoms with Gasteiger partial charge >= 0.3 is 17.9 Å². The smallest absolute Gasteiger partial charge is 0.309 e. The lowest BCUT2D eigenvalue weighted by Crippen LogP contribution is -2.30. The lowest BCUT2D eigenvalue weighted by molar-refractivity contribution is -0.166. The molecule has 0 aliphatic carbocycles. The third-order valence-electron chi connectivity index (χ3n) is 9.07. The van der Waals surface area contributed by atoms with Crippen molar-refractivity contribution < 1.29 is 28.6 Å². The van der Waals surface area contributed by atoms with Crippen LogP contribution in [0.2, 0.25) is 0 Å². The molecule has 0 aromatic carbocycles. The fourth-order valence-corrected chi connectivity index (χ4v) is 5.70. The zero-order chi connectivity index (χ0) is 42.3. The molecule has 0 aromatic rings. The van der Waals surface area contributed by atoms with Gasteiger partial charge in [-0.05, 0) is 70.6 Å². The summed E-state index contributed by atoms with van der Waals surface area (Å²) in [5, 5.41) is 0. The molecular weight excluding hydrogens is 721 g/mol. The summed E-state index contributed by atoms with van der Waals surface area (Å²) in [7, 11) is 0. The van der Waals surface area contributed by atoms with E-state index in [2.05, 4.69) is 106 Å². The molecule has 0 saturated heterocycles. The zero-order valence-electron chi connectivity index (χ0n) is 37.0. The lowest BCUT2D eigenvalue weighted by Gasteiger charge is -2.18. The van der Waals surface area contributed by atoms with Crippen molar-refractivity contribution in [1.29, 1.82) is 0 Å². The van der Waals surface area contributed by atoms with Crippen LogP contribution >= 0.6 is 0 Å². The first-order valence-electron chi connectivity index (χ1n) is 22.9. The third kappa shape index (κ3) is 43.2. The standard InChI is InChI=1S/C52H82O6/c1-4-7-10-13-16-19-22-25-26-28-30-33-36-39-42-45-51(54)57-48-49(47-56-50(53)44-41-38-35-32-29-24-21-18-15-12-9-6-3)58-52(55)46-43-40-37-34-31-27-23-20-17-14-11-8-5-2/h7-8,10-11,16-17,19-20,25-27,30-31,33,37,39-40,42,49H,4-6,9,12-15,18,21-24,28-29,32,34-36,38,41,43-48H2,1-3H3/b10-7-,11-8-,19-16-,20-17-,26-25-,31-27-,33-30-,40-37-,42-39-. The minimum atomic E-state index is -0.854. The molecule has 326 valence electrons.